The van der Waals surface area contributed by atoms with Crippen LogP contribution in [0.25, 0.3) is 0 Å². The molecule has 3 aliphatic heterocycles. The first-order valence-electron chi connectivity index (χ1n) is 11.2. The van der Waals surface area contributed by atoms with Crippen LogP contribution in [0.5, 0.6) is 0 Å². The Morgan fingerprint density at radius 2 is 1.63 bits per heavy atom. The topological polar surface area (TPSA) is 73.0 Å². The Hall–Kier alpha value is -2.41. The summed E-state index contributed by atoms with van der Waals surface area (Å²) in [5.74, 6) is 0.188. The Balaban J connectivity index is 1.22. The number of benzene rings is 1. The molecule has 0 saturated carbocycles. The maximum absolute atomic E-state index is 12.1. The van der Waals surface area contributed by atoms with Gasteiger partial charge in [0.1, 0.15) is 0 Å². The van der Waals surface area contributed by atoms with E-state index in [1.165, 1.54) is 12.1 Å². The number of piperidine rings is 2. The predicted molar refractivity (Wildman–Crippen MR) is 115 cm³/mol. The zero-order valence-electron chi connectivity index (χ0n) is 17.6. The van der Waals surface area contributed by atoms with Gasteiger partial charge in [0.25, 0.3) is 0 Å². The Labute approximate surface area is 178 Å². The highest BCUT2D eigenvalue weighted by Gasteiger charge is 2.28. The van der Waals surface area contributed by atoms with E-state index in [2.05, 4.69) is 27.2 Å². The van der Waals surface area contributed by atoms with E-state index in [1.807, 2.05) is 17.0 Å². The number of carbonyl (C=O) groups is 3. The maximum atomic E-state index is 12.1. The van der Waals surface area contributed by atoms with Crippen LogP contribution in [0.3, 0.4) is 0 Å². The molecule has 0 bridgehead atoms. The van der Waals surface area contributed by atoms with Gasteiger partial charge in [-0.25, -0.2) is 0 Å². The molecule has 3 amide bonds. The largest absolute Gasteiger partial charge is 0.369 e. The van der Waals surface area contributed by atoms with Gasteiger partial charge < -0.3 is 9.80 Å². The number of anilines is 1. The molecular weight excluding hydrogens is 380 g/mol. The number of amides is 3. The van der Waals surface area contributed by atoms with Gasteiger partial charge in [0.2, 0.25) is 18.2 Å². The van der Waals surface area contributed by atoms with Crippen molar-refractivity contribution >= 4 is 23.9 Å². The van der Waals surface area contributed by atoms with Gasteiger partial charge in [-0.2, -0.15) is 0 Å². The summed E-state index contributed by atoms with van der Waals surface area (Å²) in [6, 6.07) is 8.28. The van der Waals surface area contributed by atoms with Crippen molar-refractivity contribution in [2.75, 3.05) is 50.7 Å². The first-order valence-corrected chi connectivity index (χ1v) is 11.2. The van der Waals surface area contributed by atoms with Crippen molar-refractivity contribution in [2.24, 2.45) is 5.92 Å². The van der Waals surface area contributed by atoms with Gasteiger partial charge in [0, 0.05) is 51.4 Å². The Bertz CT molecular complexity index is 750. The van der Waals surface area contributed by atoms with Gasteiger partial charge in [-0.3, -0.25) is 24.6 Å². The summed E-state index contributed by atoms with van der Waals surface area (Å²) in [5.41, 5.74) is 2.19. The lowest BCUT2D eigenvalue weighted by Crippen LogP contribution is -2.47. The smallest absolute Gasteiger partial charge is 0.234 e. The summed E-state index contributed by atoms with van der Waals surface area (Å²) >= 11 is 0. The highest BCUT2D eigenvalue weighted by atomic mass is 16.2. The van der Waals surface area contributed by atoms with Crippen molar-refractivity contribution in [1.29, 1.82) is 0 Å². The minimum atomic E-state index is -0.216. The molecule has 0 spiro atoms. The number of hydrogen-bond donors (Lipinski definition) is 1. The van der Waals surface area contributed by atoms with Crippen molar-refractivity contribution in [3.63, 3.8) is 0 Å². The standard InChI is InChI=1S/C23H32N4O3/c28-17-26-11-8-18(9-12-26)7-10-25-13-15-27(16-14-25)20-3-1-19(2-4-20)21-5-6-22(29)24-23(21)30/h1-4,17-18,21H,5-16H2,(H,24,29,30). The molecule has 1 N–H and O–H groups in total. The lowest BCUT2D eigenvalue weighted by atomic mass is 9.90. The first kappa shape index (κ1) is 20.8. The average Bonchev–Trinajstić information content (AvgIpc) is 2.79. The lowest BCUT2D eigenvalue weighted by molar-refractivity contribution is -0.134. The fraction of sp³-hybridized carbons (Fsp3) is 0.609. The van der Waals surface area contributed by atoms with Gasteiger partial charge in [-0.15, -0.1) is 0 Å². The quantitative estimate of drug-likeness (QED) is 0.567. The zero-order valence-corrected chi connectivity index (χ0v) is 17.6. The van der Waals surface area contributed by atoms with E-state index in [1.54, 1.807) is 0 Å². The molecular formula is C23H32N4O3. The summed E-state index contributed by atoms with van der Waals surface area (Å²) in [7, 11) is 0. The van der Waals surface area contributed by atoms with Gasteiger partial charge in [0.05, 0.1) is 5.92 Å². The average molecular weight is 413 g/mol. The summed E-state index contributed by atoms with van der Waals surface area (Å²) in [5, 5.41) is 2.44. The maximum Gasteiger partial charge on any atom is 0.234 e. The molecule has 1 aromatic carbocycles. The van der Waals surface area contributed by atoms with E-state index in [0.29, 0.717) is 12.8 Å². The SMILES string of the molecule is O=CN1CCC(CCN2CCN(c3ccc(C4CCC(=O)NC4=O)cc3)CC2)CC1. The molecule has 0 aliphatic carbocycles. The second-order valence-electron chi connectivity index (χ2n) is 8.80. The summed E-state index contributed by atoms with van der Waals surface area (Å²) in [4.78, 5) is 41.1. The minimum Gasteiger partial charge on any atom is -0.369 e. The van der Waals surface area contributed by atoms with Crippen molar-refractivity contribution in [1.82, 2.24) is 15.1 Å². The second-order valence-corrected chi connectivity index (χ2v) is 8.80. The van der Waals surface area contributed by atoms with Crippen LogP contribution in [0, 0.1) is 5.92 Å². The summed E-state index contributed by atoms with van der Waals surface area (Å²) in [6.07, 6.45) is 5.49. The Kier molecular flexibility index (Phi) is 6.67. The van der Waals surface area contributed by atoms with E-state index in [-0.39, 0.29) is 17.7 Å². The molecule has 1 aromatic rings. The number of carbonyl (C=O) groups excluding carboxylic acids is 3. The van der Waals surface area contributed by atoms with Crippen molar-refractivity contribution in [3.8, 4) is 0 Å². The molecule has 1 unspecified atom stereocenters. The van der Waals surface area contributed by atoms with Crippen LogP contribution in [0.2, 0.25) is 0 Å². The molecule has 3 saturated heterocycles. The van der Waals surface area contributed by atoms with Gasteiger partial charge in [-0.1, -0.05) is 12.1 Å². The van der Waals surface area contributed by atoms with Crippen molar-refractivity contribution in [3.05, 3.63) is 29.8 Å². The molecule has 7 nitrogen and oxygen atoms in total. The van der Waals surface area contributed by atoms with E-state index >= 15 is 0 Å². The highest BCUT2D eigenvalue weighted by Crippen LogP contribution is 2.27. The molecule has 162 valence electrons. The summed E-state index contributed by atoms with van der Waals surface area (Å²) < 4.78 is 0. The van der Waals surface area contributed by atoms with Crippen LogP contribution in [-0.2, 0) is 14.4 Å². The number of nitrogens with zero attached hydrogens (tertiary/aromatic N) is 3. The molecule has 3 heterocycles. The number of nitrogens with one attached hydrogen (secondary N) is 1. The third kappa shape index (κ3) is 5.01. The van der Waals surface area contributed by atoms with Gasteiger partial charge >= 0.3 is 0 Å². The monoisotopic (exact) mass is 412 g/mol. The fourth-order valence-electron chi connectivity index (χ4n) is 4.87. The molecule has 4 rings (SSSR count). The predicted octanol–water partition coefficient (Wildman–Crippen LogP) is 1.59. The first-order chi connectivity index (χ1) is 14.6. The van der Waals surface area contributed by atoms with E-state index in [9.17, 15) is 14.4 Å². The van der Waals surface area contributed by atoms with E-state index in [0.717, 1.165) is 76.5 Å². The molecule has 0 aromatic heterocycles. The zero-order chi connectivity index (χ0) is 20.9. The van der Waals surface area contributed by atoms with Crippen molar-refractivity contribution < 1.29 is 14.4 Å². The van der Waals surface area contributed by atoms with Crippen LogP contribution in [0.4, 0.5) is 5.69 Å². The molecule has 3 aliphatic rings. The van der Waals surface area contributed by atoms with Crippen LogP contribution >= 0.6 is 0 Å². The molecule has 3 fully saturated rings. The highest BCUT2D eigenvalue weighted by molar-refractivity contribution is 6.00. The Morgan fingerprint density at radius 1 is 0.933 bits per heavy atom. The van der Waals surface area contributed by atoms with E-state index in [4.69, 9.17) is 0 Å². The third-order valence-electron chi connectivity index (χ3n) is 6.92. The van der Waals surface area contributed by atoms with Gasteiger partial charge in [-0.05, 0) is 55.8 Å². The van der Waals surface area contributed by atoms with Crippen LogP contribution in [0.15, 0.2) is 24.3 Å². The second kappa shape index (κ2) is 9.60. The van der Waals surface area contributed by atoms with Crippen LogP contribution in [-0.4, -0.2) is 73.8 Å². The molecule has 1 atom stereocenters. The molecule has 0 radical (unpaired) electrons. The minimum absolute atomic E-state index is 0.169. The normalized spacial score (nSPS) is 24.1. The van der Waals surface area contributed by atoms with Gasteiger partial charge in [0.15, 0.2) is 0 Å². The number of imide groups is 1. The number of rotatable bonds is 6. The number of likely N-dealkylation sites (tertiary alicyclic amines) is 1. The van der Waals surface area contributed by atoms with Crippen LogP contribution < -0.4 is 10.2 Å². The summed E-state index contributed by atoms with van der Waals surface area (Å²) in [6.45, 7) is 7.15. The Morgan fingerprint density at radius 3 is 2.27 bits per heavy atom. The third-order valence-corrected chi connectivity index (χ3v) is 6.92. The molecule has 30 heavy (non-hydrogen) atoms. The fourth-order valence-corrected chi connectivity index (χ4v) is 4.87. The van der Waals surface area contributed by atoms with E-state index < -0.39 is 0 Å². The molecule has 7 heteroatoms. The number of hydrogen-bond acceptors (Lipinski definition) is 5. The van der Waals surface area contributed by atoms with Crippen molar-refractivity contribution in [2.45, 2.75) is 38.0 Å². The lowest BCUT2D eigenvalue weighted by Gasteiger charge is -2.37. The van der Waals surface area contributed by atoms with Crippen LogP contribution in [0.1, 0.15) is 43.6 Å². The number of piperazine rings is 1.